The number of phenolic OH excluding ortho intramolecular Hbond substituents is 1. The van der Waals surface area contributed by atoms with Crippen LogP contribution in [0.25, 0.3) is 0 Å². The van der Waals surface area contributed by atoms with Crippen molar-refractivity contribution in [3.05, 3.63) is 53.5 Å². The van der Waals surface area contributed by atoms with Crippen LogP contribution >= 0.6 is 0 Å². The van der Waals surface area contributed by atoms with E-state index in [1.165, 1.54) is 0 Å². The van der Waals surface area contributed by atoms with E-state index in [-0.39, 0.29) is 11.8 Å². The number of benzene rings is 1. The molecule has 3 N–H and O–H groups in total. The van der Waals surface area contributed by atoms with Gasteiger partial charge < -0.3 is 20.2 Å². The fraction of sp³-hybridized carbons (Fsp3) is 0.353. The number of nitrogens with one attached hydrogen (secondary N) is 2. The highest BCUT2D eigenvalue weighted by Gasteiger charge is 2.11. The molecule has 0 aliphatic heterocycles. The number of hydrogen-bond donors (Lipinski definition) is 3. The summed E-state index contributed by atoms with van der Waals surface area (Å²) in [7, 11) is 0. The molecule has 0 radical (unpaired) electrons. The highest BCUT2D eigenvalue weighted by atomic mass is 16.3. The predicted octanol–water partition coefficient (Wildman–Crippen LogP) is 3.11. The molecular weight excluding hydrogens is 278 g/mol. The molecule has 5 nitrogen and oxygen atoms in total. The van der Waals surface area contributed by atoms with Gasteiger partial charge in [0.25, 0.3) is 0 Å². The van der Waals surface area contributed by atoms with Crippen LogP contribution in [0.3, 0.4) is 0 Å². The second-order valence-corrected chi connectivity index (χ2v) is 5.18. The summed E-state index contributed by atoms with van der Waals surface area (Å²) in [6, 6.07) is 11.1. The first-order valence-electron chi connectivity index (χ1n) is 7.47. The van der Waals surface area contributed by atoms with Gasteiger partial charge in [-0.1, -0.05) is 12.1 Å². The van der Waals surface area contributed by atoms with Crippen molar-refractivity contribution in [2.24, 2.45) is 4.99 Å². The number of aryl methyl sites for hydroxylation is 1. The topological polar surface area (TPSA) is 69.8 Å². The second kappa shape index (κ2) is 7.54. The van der Waals surface area contributed by atoms with Crippen LogP contribution in [0.15, 0.2) is 45.8 Å². The van der Waals surface area contributed by atoms with Crippen molar-refractivity contribution in [3.63, 3.8) is 0 Å². The summed E-state index contributed by atoms with van der Waals surface area (Å²) in [6.07, 6.45) is 0. The Hall–Kier alpha value is -2.43. The van der Waals surface area contributed by atoms with Crippen LogP contribution in [0.5, 0.6) is 5.75 Å². The Morgan fingerprint density at radius 1 is 1.32 bits per heavy atom. The Balaban J connectivity index is 2.03. The molecule has 2 rings (SSSR count). The average Bonchev–Trinajstić information content (AvgIpc) is 2.92. The van der Waals surface area contributed by atoms with Gasteiger partial charge in [0, 0.05) is 6.54 Å². The lowest BCUT2D eigenvalue weighted by molar-refractivity contribution is 0.441. The monoisotopic (exact) mass is 301 g/mol. The van der Waals surface area contributed by atoms with E-state index in [0.717, 1.165) is 23.6 Å². The molecule has 1 heterocycles. The van der Waals surface area contributed by atoms with Gasteiger partial charge in [0.2, 0.25) is 0 Å². The maximum atomic E-state index is 9.49. The first-order chi connectivity index (χ1) is 10.6. The minimum atomic E-state index is 0.0238. The number of phenols is 1. The minimum absolute atomic E-state index is 0.0238. The van der Waals surface area contributed by atoms with Crippen LogP contribution in [0.1, 0.15) is 37.0 Å². The first-order valence-corrected chi connectivity index (χ1v) is 7.47. The predicted molar refractivity (Wildman–Crippen MR) is 87.9 cm³/mol. The van der Waals surface area contributed by atoms with Gasteiger partial charge in [0.05, 0.1) is 12.6 Å². The summed E-state index contributed by atoms with van der Waals surface area (Å²) in [4.78, 5) is 4.54. The summed E-state index contributed by atoms with van der Waals surface area (Å²) < 4.78 is 5.62. The second-order valence-electron chi connectivity index (χ2n) is 5.18. The molecule has 0 saturated carbocycles. The third-order valence-electron chi connectivity index (χ3n) is 3.22. The van der Waals surface area contributed by atoms with Gasteiger partial charge >= 0.3 is 0 Å². The number of rotatable bonds is 5. The SMILES string of the molecule is CCNC(=NCc1cccc(O)c1)NC(C)c1ccc(C)o1. The molecule has 0 fully saturated rings. The largest absolute Gasteiger partial charge is 0.508 e. The number of guanidine groups is 1. The molecule has 0 bridgehead atoms. The molecule has 0 aliphatic carbocycles. The number of aromatic hydroxyl groups is 1. The summed E-state index contributed by atoms with van der Waals surface area (Å²) >= 11 is 0. The van der Waals surface area contributed by atoms with Gasteiger partial charge in [0.15, 0.2) is 5.96 Å². The highest BCUT2D eigenvalue weighted by molar-refractivity contribution is 5.80. The molecule has 2 aromatic rings. The van der Waals surface area contributed by atoms with Crippen LogP contribution < -0.4 is 10.6 Å². The lowest BCUT2D eigenvalue weighted by Crippen LogP contribution is -2.38. The van der Waals surface area contributed by atoms with Gasteiger partial charge in [-0.15, -0.1) is 0 Å². The summed E-state index contributed by atoms with van der Waals surface area (Å²) in [5, 5.41) is 16.0. The molecule has 5 heteroatoms. The smallest absolute Gasteiger partial charge is 0.192 e. The molecule has 1 atom stereocenters. The van der Waals surface area contributed by atoms with Crippen LogP contribution in [0, 0.1) is 6.92 Å². The summed E-state index contributed by atoms with van der Waals surface area (Å²) in [6.45, 7) is 7.24. The van der Waals surface area contributed by atoms with E-state index in [1.807, 2.05) is 45.0 Å². The van der Waals surface area contributed by atoms with Crippen molar-refractivity contribution in [2.45, 2.75) is 33.4 Å². The lowest BCUT2D eigenvalue weighted by atomic mass is 10.2. The molecule has 0 amide bonds. The Labute approximate surface area is 131 Å². The van der Waals surface area contributed by atoms with Crippen molar-refractivity contribution < 1.29 is 9.52 Å². The normalized spacial score (nSPS) is 13.0. The summed E-state index contributed by atoms with van der Waals surface area (Å²) in [5.74, 6) is 2.74. The van der Waals surface area contributed by atoms with Gasteiger partial charge in [-0.2, -0.15) is 0 Å². The van der Waals surface area contributed by atoms with E-state index in [4.69, 9.17) is 4.42 Å². The van der Waals surface area contributed by atoms with E-state index in [2.05, 4.69) is 15.6 Å². The first kappa shape index (κ1) is 15.9. The maximum absolute atomic E-state index is 9.49. The fourth-order valence-electron chi connectivity index (χ4n) is 2.11. The van der Waals surface area contributed by atoms with Crippen molar-refractivity contribution in [1.29, 1.82) is 0 Å². The number of nitrogens with zero attached hydrogens (tertiary/aromatic N) is 1. The van der Waals surface area contributed by atoms with Crippen molar-refractivity contribution in [1.82, 2.24) is 10.6 Å². The number of hydrogen-bond acceptors (Lipinski definition) is 3. The van der Waals surface area contributed by atoms with Gasteiger partial charge in [-0.05, 0) is 50.6 Å². The average molecular weight is 301 g/mol. The number of furan rings is 1. The van der Waals surface area contributed by atoms with E-state index in [9.17, 15) is 5.11 Å². The van der Waals surface area contributed by atoms with E-state index < -0.39 is 0 Å². The van der Waals surface area contributed by atoms with Gasteiger partial charge in [0.1, 0.15) is 17.3 Å². The molecule has 1 unspecified atom stereocenters. The van der Waals surface area contributed by atoms with Crippen LogP contribution in [0.2, 0.25) is 0 Å². The zero-order chi connectivity index (χ0) is 15.9. The Morgan fingerprint density at radius 2 is 2.14 bits per heavy atom. The third kappa shape index (κ3) is 4.55. The zero-order valence-electron chi connectivity index (χ0n) is 13.3. The van der Waals surface area contributed by atoms with E-state index in [0.29, 0.717) is 12.5 Å². The standard InChI is InChI=1S/C17H23N3O2/c1-4-18-17(19-11-14-6-5-7-15(21)10-14)20-13(3)16-9-8-12(2)22-16/h5-10,13,21H,4,11H2,1-3H3,(H2,18,19,20). The molecule has 118 valence electrons. The van der Waals surface area contributed by atoms with Crippen LogP contribution in [0.4, 0.5) is 0 Å². The molecule has 22 heavy (non-hydrogen) atoms. The quantitative estimate of drug-likeness (QED) is 0.586. The minimum Gasteiger partial charge on any atom is -0.508 e. The Kier molecular flexibility index (Phi) is 5.47. The molecular formula is C17H23N3O2. The molecule has 0 aliphatic rings. The van der Waals surface area contributed by atoms with Crippen molar-refractivity contribution in [3.8, 4) is 5.75 Å². The Morgan fingerprint density at radius 3 is 2.77 bits per heavy atom. The molecule has 1 aromatic carbocycles. The van der Waals surface area contributed by atoms with Crippen molar-refractivity contribution in [2.75, 3.05) is 6.54 Å². The Bertz CT molecular complexity index is 634. The van der Waals surface area contributed by atoms with E-state index >= 15 is 0 Å². The number of aliphatic imine (C=N–C) groups is 1. The highest BCUT2D eigenvalue weighted by Crippen LogP contribution is 2.15. The molecule has 1 aromatic heterocycles. The third-order valence-corrected chi connectivity index (χ3v) is 3.22. The summed E-state index contributed by atoms with van der Waals surface area (Å²) in [5.41, 5.74) is 0.957. The van der Waals surface area contributed by atoms with Crippen LogP contribution in [-0.2, 0) is 6.54 Å². The molecule has 0 saturated heterocycles. The van der Waals surface area contributed by atoms with Gasteiger partial charge in [-0.25, -0.2) is 4.99 Å². The molecule has 0 spiro atoms. The van der Waals surface area contributed by atoms with Crippen molar-refractivity contribution >= 4 is 5.96 Å². The van der Waals surface area contributed by atoms with E-state index in [1.54, 1.807) is 12.1 Å². The maximum Gasteiger partial charge on any atom is 0.192 e. The fourth-order valence-corrected chi connectivity index (χ4v) is 2.11. The van der Waals surface area contributed by atoms with Gasteiger partial charge in [-0.3, -0.25) is 0 Å². The lowest BCUT2D eigenvalue weighted by Gasteiger charge is -2.16. The zero-order valence-corrected chi connectivity index (χ0v) is 13.3. The van der Waals surface area contributed by atoms with Crippen LogP contribution in [-0.4, -0.2) is 17.6 Å².